The highest BCUT2D eigenvalue weighted by Gasteiger charge is 2.33. The van der Waals surface area contributed by atoms with Gasteiger partial charge < -0.3 is 25.2 Å². The molecule has 2 aromatic rings. The van der Waals surface area contributed by atoms with Gasteiger partial charge in [0.05, 0.1) is 11.7 Å². The number of carbonyl (C=O) groups excluding carboxylic acids is 2. The number of amides is 2. The number of carboxylic acids is 1. The summed E-state index contributed by atoms with van der Waals surface area (Å²) in [5.74, 6) is -1.85. The Bertz CT molecular complexity index is 911. The lowest BCUT2D eigenvalue weighted by atomic mass is 10.0. The Morgan fingerprint density at radius 1 is 0.909 bits per heavy atom. The van der Waals surface area contributed by atoms with Crippen molar-refractivity contribution >= 4 is 18.0 Å². The molecule has 0 fully saturated rings. The fraction of sp³-hybridized carbons (Fsp3) is 0.400. The predicted octanol–water partition coefficient (Wildman–Crippen LogP) is 3.30. The first-order chi connectivity index (χ1) is 15.5. The second kappa shape index (κ2) is 12.0. The molecular weight excluding hydrogens is 424 g/mol. The molecule has 0 radical (unpaired) electrons. The van der Waals surface area contributed by atoms with Crippen LogP contribution in [0, 0.1) is 0 Å². The van der Waals surface area contributed by atoms with Crippen molar-refractivity contribution in [1.29, 1.82) is 0 Å². The first-order valence-electron chi connectivity index (χ1n) is 10.8. The van der Waals surface area contributed by atoms with Gasteiger partial charge in [0.25, 0.3) is 0 Å². The molecule has 178 valence electrons. The average Bonchev–Trinajstić information content (AvgIpc) is 2.75. The molecule has 2 amide bonds. The van der Waals surface area contributed by atoms with Gasteiger partial charge in [-0.3, -0.25) is 4.79 Å². The van der Waals surface area contributed by atoms with Crippen LogP contribution < -0.4 is 10.6 Å². The van der Waals surface area contributed by atoms with Crippen LogP contribution >= 0.6 is 0 Å². The predicted molar refractivity (Wildman–Crippen MR) is 124 cm³/mol. The Hall–Kier alpha value is -3.39. The van der Waals surface area contributed by atoms with Crippen LogP contribution in [0.25, 0.3) is 0 Å². The van der Waals surface area contributed by atoms with E-state index >= 15 is 0 Å². The molecule has 0 aliphatic heterocycles. The minimum atomic E-state index is -1.18. The number of alkyl carbamates (subject to hydrolysis) is 1. The molecule has 2 rings (SSSR count). The number of nitrogens with one attached hydrogen (secondary N) is 2. The Labute approximate surface area is 194 Å². The minimum Gasteiger partial charge on any atom is -0.480 e. The number of aliphatic carboxylic acids is 1. The summed E-state index contributed by atoms with van der Waals surface area (Å²) >= 11 is 0. The molecule has 3 atom stereocenters. The van der Waals surface area contributed by atoms with Crippen molar-refractivity contribution in [2.24, 2.45) is 0 Å². The number of ether oxygens (including phenoxy) is 2. The summed E-state index contributed by atoms with van der Waals surface area (Å²) in [6, 6.07) is 15.8. The summed E-state index contributed by atoms with van der Waals surface area (Å²) in [4.78, 5) is 37.3. The van der Waals surface area contributed by atoms with Gasteiger partial charge in [-0.2, -0.15) is 0 Å². The van der Waals surface area contributed by atoms with E-state index in [1.54, 1.807) is 31.2 Å². The van der Waals surface area contributed by atoms with Crippen LogP contribution in [0.15, 0.2) is 60.7 Å². The normalized spacial score (nSPS) is 13.9. The lowest BCUT2D eigenvalue weighted by Crippen LogP contribution is -2.57. The van der Waals surface area contributed by atoms with E-state index in [4.69, 9.17) is 9.47 Å². The molecule has 8 nitrogen and oxygen atoms in total. The van der Waals surface area contributed by atoms with Crippen molar-refractivity contribution in [3.8, 4) is 0 Å². The van der Waals surface area contributed by atoms with Gasteiger partial charge in [-0.05, 0) is 38.8 Å². The van der Waals surface area contributed by atoms with Crippen LogP contribution in [0.2, 0.25) is 0 Å². The van der Waals surface area contributed by atoms with Crippen molar-refractivity contribution in [1.82, 2.24) is 10.6 Å². The highest BCUT2D eigenvalue weighted by molar-refractivity contribution is 5.89. The average molecular weight is 457 g/mol. The fourth-order valence-corrected chi connectivity index (χ4v) is 3.22. The summed E-state index contributed by atoms with van der Waals surface area (Å²) in [5, 5.41) is 14.7. The van der Waals surface area contributed by atoms with E-state index in [0.717, 1.165) is 11.1 Å². The Morgan fingerprint density at radius 3 is 1.97 bits per heavy atom. The summed E-state index contributed by atoms with van der Waals surface area (Å²) in [6.07, 6.45) is -1.46. The first kappa shape index (κ1) is 25.9. The maximum atomic E-state index is 13.1. The molecule has 0 bridgehead atoms. The molecule has 0 spiro atoms. The van der Waals surface area contributed by atoms with Crippen molar-refractivity contribution in [2.75, 3.05) is 0 Å². The molecule has 0 aliphatic rings. The molecule has 33 heavy (non-hydrogen) atoms. The molecule has 0 aromatic heterocycles. The zero-order valence-electron chi connectivity index (χ0n) is 19.4. The van der Waals surface area contributed by atoms with Crippen molar-refractivity contribution < 1.29 is 29.0 Å². The van der Waals surface area contributed by atoms with E-state index < -0.39 is 41.8 Å². The van der Waals surface area contributed by atoms with Gasteiger partial charge in [-0.25, -0.2) is 9.59 Å². The molecular formula is C25H32N2O6. The molecule has 3 N–H and O–H groups in total. The number of hydrogen-bond donors (Lipinski definition) is 3. The van der Waals surface area contributed by atoms with Crippen molar-refractivity contribution in [3.63, 3.8) is 0 Å². The lowest BCUT2D eigenvalue weighted by Gasteiger charge is -2.31. The van der Waals surface area contributed by atoms with Crippen LogP contribution in [-0.2, 0) is 32.1 Å². The van der Waals surface area contributed by atoms with Gasteiger partial charge in [0.1, 0.15) is 18.7 Å². The molecule has 0 saturated heterocycles. The van der Waals surface area contributed by atoms with Gasteiger partial charge in [-0.1, -0.05) is 60.7 Å². The van der Waals surface area contributed by atoms with E-state index in [1.165, 1.54) is 0 Å². The quantitative estimate of drug-likeness (QED) is 0.506. The van der Waals surface area contributed by atoms with Crippen molar-refractivity contribution in [2.45, 2.75) is 64.5 Å². The maximum absolute atomic E-state index is 13.1. The fourth-order valence-electron chi connectivity index (χ4n) is 3.22. The van der Waals surface area contributed by atoms with E-state index in [0.29, 0.717) is 0 Å². The topological polar surface area (TPSA) is 114 Å². The van der Waals surface area contributed by atoms with Gasteiger partial charge in [0.2, 0.25) is 5.91 Å². The monoisotopic (exact) mass is 456 g/mol. The van der Waals surface area contributed by atoms with Crippen LogP contribution in [0.5, 0.6) is 0 Å². The standard InChI is InChI=1S/C25H32N2O6/c1-17(33-25(2,3)4)21(27-24(31)32-16-19-13-9-6-10-14-19)22(28)26-20(23(29)30)15-18-11-7-5-8-12-18/h5-14,17,20-21H,15-16H2,1-4H3,(H,26,28)(H,27,31)(H,29,30)/t17-,20-,21-/m0/s1. The number of benzene rings is 2. The van der Waals surface area contributed by atoms with Crippen LogP contribution in [0.4, 0.5) is 4.79 Å². The van der Waals surface area contributed by atoms with E-state index in [9.17, 15) is 19.5 Å². The third-order valence-electron chi connectivity index (χ3n) is 4.67. The van der Waals surface area contributed by atoms with Crippen LogP contribution in [0.3, 0.4) is 0 Å². The van der Waals surface area contributed by atoms with Gasteiger partial charge in [0.15, 0.2) is 0 Å². The molecule has 2 aromatic carbocycles. The minimum absolute atomic E-state index is 0.0290. The zero-order valence-corrected chi connectivity index (χ0v) is 19.4. The SMILES string of the molecule is C[C@H](OC(C)(C)C)[C@H](NC(=O)OCc1ccccc1)C(=O)N[C@@H](Cc1ccccc1)C(=O)O. The van der Waals surface area contributed by atoms with Gasteiger partial charge in [-0.15, -0.1) is 0 Å². The summed E-state index contributed by atoms with van der Waals surface area (Å²) in [5.41, 5.74) is 0.960. The van der Waals surface area contributed by atoms with Crippen LogP contribution in [-0.4, -0.2) is 46.9 Å². The summed E-state index contributed by atoms with van der Waals surface area (Å²) in [7, 11) is 0. The number of carbonyl (C=O) groups is 3. The maximum Gasteiger partial charge on any atom is 0.408 e. The molecule has 0 aliphatic carbocycles. The Morgan fingerprint density at radius 2 is 1.45 bits per heavy atom. The first-order valence-corrected chi connectivity index (χ1v) is 10.8. The van der Waals surface area contributed by atoms with Crippen LogP contribution in [0.1, 0.15) is 38.8 Å². The number of carboxylic acid groups (broad SMARTS) is 1. The molecule has 0 saturated carbocycles. The number of rotatable bonds is 10. The van der Waals surface area contributed by atoms with Gasteiger partial charge in [0, 0.05) is 6.42 Å². The lowest BCUT2D eigenvalue weighted by molar-refractivity contribution is -0.143. The second-order valence-electron chi connectivity index (χ2n) is 8.71. The largest absolute Gasteiger partial charge is 0.480 e. The summed E-state index contributed by atoms with van der Waals surface area (Å²) < 4.78 is 11.1. The second-order valence-corrected chi connectivity index (χ2v) is 8.71. The van der Waals surface area contributed by atoms with E-state index in [2.05, 4.69) is 10.6 Å². The third kappa shape index (κ3) is 9.33. The molecule has 0 heterocycles. The third-order valence-corrected chi connectivity index (χ3v) is 4.67. The van der Waals surface area contributed by atoms with E-state index in [1.807, 2.05) is 57.2 Å². The van der Waals surface area contributed by atoms with Gasteiger partial charge >= 0.3 is 12.1 Å². The zero-order chi connectivity index (χ0) is 24.4. The Kier molecular flexibility index (Phi) is 9.42. The molecule has 8 heteroatoms. The molecule has 0 unspecified atom stereocenters. The number of hydrogen-bond acceptors (Lipinski definition) is 5. The summed E-state index contributed by atoms with van der Waals surface area (Å²) in [6.45, 7) is 7.13. The Balaban J connectivity index is 2.10. The smallest absolute Gasteiger partial charge is 0.408 e. The van der Waals surface area contributed by atoms with Crippen molar-refractivity contribution in [3.05, 3.63) is 71.8 Å². The highest BCUT2D eigenvalue weighted by atomic mass is 16.6. The highest BCUT2D eigenvalue weighted by Crippen LogP contribution is 2.14. The van der Waals surface area contributed by atoms with E-state index in [-0.39, 0.29) is 13.0 Å².